The highest BCUT2D eigenvalue weighted by Gasteiger charge is 2.28. The number of hydrogen-bond donors (Lipinski definition) is 1. The van der Waals surface area contributed by atoms with Crippen molar-refractivity contribution < 1.29 is 4.79 Å². The van der Waals surface area contributed by atoms with Crippen LogP contribution in [0.2, 0.25) is 0 Å². The topological polar surface area (TPSA) is 43.1 Å². The van der Waals surface area contributed by atoms with Gasteiger partial charge in [-0.15, -0.1) is 11.3 Å². The fourth-order valence-electron chi connectivity index (χ4n) is 1.28. The molecule has 1 saturated carbocycles. The molecule has 0 radical (unpaired) electrons. The van der Waals surface area contributed by atoms with Crippen LogP contribution in [0.1, 0.15) is 23.6 Å². The Bertz CT molecular complexity index is 284. The number of rotatable bonds is 1. The Morgan fingerprint density at radius 3 is 2.64 bits per heavy atom. The number of thiophene rings is 1. The van der Waals surface area contributed by atoms with Crippen LogP contribution in [-0.4, -0.2) is 5.78 Å². The zero-order valence-corrected chi connectivity index (χ0v) is 6.86. The Kier molecular flexibility index (Phi) is 1.46. The highest BCUT2D eigenvalue weighted by molar-refractivity contribution is 7.16. The van der Waals surface area contributed by atoms with E-state index in [2.05, 4.69) is 0 Å². The van der Waals surface area contributed by atoms with Gasteiger partial charge in [-0.2, -0.15) is 0 Å². The molecule has 11 heavy (non-hydrogen) atoms. The summed E-state index contributed by atoms with van der Waals surface area (Å²) in [6, 6.07) is 3.93. The molecule has 1 aliphatic carbocycles. The Morgan fingerprint density at radius 2 is 2.18 bits per heavy atom. The summed E-state index contributed by atoms with van der Waals surface area (Å²) in [6.45, 7) is 0. The van der Waals surface area contributed by atoms with Gasteiger partial charge in [0.1, 0.15) is 5.78 Å². The van der Waals surface area contributed by atoms with Gasteiger partial charge in [0, 0.05) is 23.6 Å². The molecule has 1 aliphatic rings. The lowest BCUT2D eigenvalue weighted by molar-refractivity contribution is -0.124. The number of Topliss-reactive ketones (excluding diaryl/α,β-unsaturated/α-hetero) is 1. The molecule has 0 atom stereocenters. The van der Waals surface area contributed by atoms with Gasteiger partial charge in [-0.25, -0.2) is 0 Å². The highest BCUT2D eigenvalue weighted by Crippen LogP contribution is 2.37. The van der Waals surface area contributed by atoms with Gasteiger partial charge < -0.3 is 5.73 Å². The monoisotopic (exact) mass is 167 g/mol. The zero-order valence-electron chi connectivity index (χ0n) is 6.04. The van der Waals surface area contributed by atoms with E-state index in [-0.39, 0.29) is 0 Å². The molecular weight excluding hydrogens is 158 g/mol. The predicted octanol–water partition coefficient (Wildman–Crippen LogP) is 1.78. The average Bonchev–Trinajstić information content (AvgIpc) is 2.29. The SMILES string of the molecule is Nc1ccc(C2CC(=O)C2)s1. The first-order valence-corrected chi connectivity index (χ1v) is 4.44. The van der Waals surface area contributed by atoms with Crippen LogP contribution in [0.15, 0.2) is 12.1 Å². The van der Waals surface area contributed by atoms with E-state index in [1.165, 1.54) is 4.88 Å². The van der Waals surface area contributed by atoms with E-state index in [0.29, 0.717) is 11.7 Å². The summed E-state index contributed by atoms with van der Waals surface area (Å²) in [5, 5.41) is 0.847. The van der Waals surface area contributed by atoms with Crippen molar-refractivity contribution in [3.8, 4) is 0 Å². The van der Waals surface area contributed by atoms with Crippen LogP contribution < -0.4 is 5.73 Å². The molecule has 1 aromatic rings. The number of nitrogens with two attached hydrogens (primary N) is 1. The molecule has 0 aromatic carbocycles. The maximum atomic E-state index is 10.7. The van der Waals surface area contributed by atoms with Gasteiger partial charge in [0.25, 0.3) is 0 Å². The third-order valence-electron chi connectivity index (χ3n) is 2.00. The van der Waals surface area contributed by atoms with Gasteiger partial charge in [-0.05, 0) is 12.1 Å². The first-order valence-electron chi connectivity index (χ1n) is 3.62. The van der Waals surface area contributed by atoms with Crippen LogP contribution in [0.3, 0.4) is 0 Å². The molecule has 1 aromatic heterocycles. The molecular formula is C8H9NOS. The van der Waals surface area contributed by atoms with E-state index in [0.717, 1.165) is 17.8 Å². The molecule has 0 bridgehead atoms. The molecule has 2 N–H and O–H groups in total. The van der Waals surface area contributed by atoms with Gasteiger partial charge in [0.05, 0.1) is 5.00 Å². The molecule has 0 amide bonds. The second-order valence-electron chi connectivity index (χ2n) is 2.88. The molecule has 0 aliphatic heterocycles. The van der Waals surface area contributed by atoms with Gasteiger partial charge in [-0.3, -0.25) is 4.79 Å². The van der Waals surface area contributed by atoms with Crippen molar-refractivity contribution in [3.63, 3.8) is 0 Å². The predicted molar refractivity (Wildman–Crippen MR) is 45.7 cm³/mol. The number of ketones is 1. The number of carbonyl (C=O) groups is 1. The molecule has 0 saturated heterocycles. The van der Waals surface area contributed by atoms with Crippen LogP contribution in [0.4, 0.5) is 5.00 Å². The van der Waals surface area contributed by atoms with Gasteiger partial charge in [0.2, 0.25) is 0 Å². The summed E-state index contributed by atoms with van der Waals surface area (Å²) in [6.07, 6.45) is 1.44. The Balaban J connectivity index is 2.12. The van der Waals surface area contributed by atoms with E-state index < -0.39 is 0 Å². The zero-order chi connectivity index (χ0) is 7.84. The van der Waals surface area contributed by atoms with Crippen LogP contribution in [0, 0.1) is 0 Å². The largest absolute Gasteiger partial charge is 0.391 e. The molecule has 0 unspecified atom stereocenters. The van der Waals surface area contributed by atoms with E-state index in [1.54, 1.807) is 11.3 Å². The summed E-state index contributed by atoms with van der Waals surface area (Å²) in [5.41, 5.74) is 5.56. The normalized spacial score (nSPS) is 18.4. The van der Waals surface area contributed by atoms with Crippen molar-refractivity contribution in [2.75, 3.05) is 5.73 Å². The van der Waals surface area contributed by atoms with E-state index in [9.17, 15) is 4.79 Å². The average molecular weight is 167 g/mol. The van der Waals surface area contributed by atoms with Crippen molar-refractivity contribution >= 4 is 22.1 Å². The number of carbonyl (C=O) groups excluding carboxylic acids is 1. The van der Waals surface area contributed by atoms with E-state index >= 15 is 0 Å². The van der Waals surface area contributed by atoms with Crippen molar-refractivity contribution in [2.45, 2.75) is 18.8 Å². The maximum absolute atomic E-state index is 10.7. The lowest BCUT2D eigenvalue weighted by Crippen LogP contribution is -2.19. The molecule has 1 fully saturated rings. The minimum atomic E-state index is 0.377. The second kappa shape index (κ2) is 2.34. The Hall–Kier alpha value is -0.830. The lowest BCUT2D eigenvalue weighted by atomic mass is 9.83. The van der Waals surface area contributed by atoms with E-state index in [4.69, 9.17) is 5.73 Å². The third-order valence-corrected chi connectivity index (χ3v) is 3.07. The van der Waals surface area contributed by atoms with Gasteiger partial charge >= 0.3 is 0 Å². The summed E-state index contributed by atoms with van der Waals surface area (Å²) in [4.78, 5) is 11.9. The van der Waals surface area contributed by atoms with Gasteiger partial charge in [-0.1, -0.05) is 0 Å². The Morgan fingerprint density at radius 1 is 1.45 bits per heavy atom. The van der Waals surface area contributed by atoms with Crippen molar-refractivity contribution in [3.05, 3.63) is 17.0 Å². The van der Waals surface area contributed by atoms with Crippen LogP contribution >= 0.6 is 11.3 Å². The first-order chi connectivity index (χ1) is 5.25. The maximum Gasteiger partial charge on any atom is 0.134 e. The summed E-state index contributed by atoms with van der Waals surface area (Å²) in [5.74, 6) is 0.853. The summed E-state index contributed by atoms with van der Waals surface area (Å²) >= 11 is 1.60. The molecule has 2 nitrogen and oxygen atoms in total. The van der Waals surface area contributed by atoms with Crippen molar-refractivity contribution in [1.82, 2.24) is 0 Å². The minimum Gasteiger partial charge on any atom is -0.391 e. The fourth-order valence-corrected chi connectivity index (χ4v) is 2.16. The molecule has 58 valence electrons. The first kappa shape index (κ1) is 6.85. The quantitative estimate of drug-likeness (QED) is 0.692. The number of anilines is 1. The molecule has 0 spiro atoms. The number of hydrogen-bond acceptors (Lipinski definition) is 3. The third kappa shape index (κ3) is 1.16. The minimum absolute atomic E-state index is 0.377. The highest BCUT2D eigenvalue weighted by atomic mass is 32.1. The standard InChI is InChI=1S/C8H9NOS/c9-8-2-1-7(11-8)5-3-6(10)4-5/h1-2,5H,3-4,9H2. The Labute approximate surface area is 69.0 Å². The smallest absolute Gasteiger partial charge is 0.134 e. The van der Waals surface area contributed by atoms with Crippen molar-refractivity contribution in [1.29, 1.82) is 0 Å². The lowest BCUT2D eigenvalue weighted by Gasteiger charge is -2.22. The summed E-state index contributed by atoms with van der Waals surface area (Å²) < 4.78 is 0. The van der Waals surface area contributed by atoms with Crippen LogP contribution in [0.5, 0.6) is 0 Å². The van der Waals surface area contributed by atoms with Crippen LogP contribution in [0.25, 0.3) is 0 Å². The van der Waals surface area contributed by atoms with Crippen LogP contribution in [-0.2, 0) is 4.79 Å². The van der Waals surface area contributed by atoms with Crippen molar-refractivity contribution in [2.24, 2.45) is 0 Å². The molecule has 3 heteroatoms. The second-order valence-corrected chi connectivity index (χ2v) is 4.03. The fraction of sp³-hybridized carbons (Fsp3) is 0.375. The summed E-state index contributed by atoms with van der Waals surface area (Å²) in [7, 11) is 0. The van der Waals surface area contributed by atoms with Gasteiger partial charge in [0.15, 0.2) is 0 Å². The number of nitrogen functional groups attached to an aromatic ring is 1. The molecule has 2 rings (SSSR count). The van der Waals surface area contributed by atoms with E-state index in [1.807, 2.05) is 12.1 Å². The molecule has 1 heterocycles.